The number of halogens is 1. The third kappa shape index (κ3) is 5.50. The van der Waals surface area contributed by atoms with Gasteiger partial charge in [-0.1, -0.05) is 0 Å². The highest BCUT2D eigenvalue weighted by atomic mass is 79.9. The molecule has 2 rings (SSSR count). The van der Waals surface area contributed by atoms with Gasteiger partial charge in [-0.2, -0.15) is 5.10 Å². The van der Waals surface area contributed by atoms with Gasteiger partial charge in [0.05, 0.1) is 6.21 Å². The average molecular weight is 400 g/mol. The van der Waals surface area contributed by atoms with Crippen LogP contribution in [0.3, 0.4) is 0 Å². The van der Waals surface area contributed by atoms with Gasteiger partial charge in [0.1, 0.15) is 6.42 Å². The Morgan fingerprint density at radius 1 is 1.33 bits per heavy atom. The Labute approximate surface area is 147 Å². The molecule has 0 saturated carbocycles. The fraction of sp³-hybridized carbons (Fsp3) is 0.400. The van der Waals surface area contributed by atoms with Gasteiger partial charge in [0, 0.05) is 30.3 Å². The second-order valence-corrected chi connectivity index (χ2v) is 5.75. The second kappa shape index (κ2) is 9.24. The van der Waals surface area contributed by atoms with Crippen LogP contribution in [-0.2, 0) is 14.3 Å². The molecular weight excluding hydrogens is 382 g/mol. The van der Waals surface area contributed by atoms with E-state index in [1.165, 1.54) is 6.21 Å². The summed E-state index contributed by atoms with van der Waals surface area (Å²) in [5.74, 6) is 0.407. The summed E-state index contributed by atoms with van der Waals surface area (Å²) >= 11 is 3.38. The molecule has 0 bridgehead atoms. The van der Waals surface area contributed by atoms with Gasteiger partial charge in [-0.25, -0.2) is 5.43 Å². The second-order valence-electron chi connectivity index (χ2n) is 4.89. The first-order valence-corrected chi connectivity index (χ1v) is 8.06. The number of methoxy groups -OCH3 is 1. The monoisotopic (exact) mass is 399 g/mol. The fourth-order valence-corrected chi connectivity index (χ4v) is 2.32. The molecule has 0 atom stereocenters. The summed E-state index contributed by atoms with van der Waals surface area (Å²) < 4.78 is 16.1. The van der Waals surface area contributed by atoms with Gasteiger partial charge in [-0.05, 0) is 34.5 Å². The molecule has 0 aliphatic carbocycles. The maximum atomic E-state index is 11.6. The van der Waals surface area contributed by atoms with Crippen LogP contribution in [0.15, 0.2) is 21.7 Å². The molecule has 1 aliphatic rings. The lowest BCUT2D eigenvalue weighted by atomic mass is 10.2. The van der Waals surface area contributed by atoms with Gasteiger partial charge in [0.2, 0.25) is 18.6 Å². The summed E-state index contributed by atoms with van der Waals surface area (Å²) in [6.07, 6.45) is 1.87. The third-order valence-corrected chi connectivity index (χ3v) is 3.74. The molecule has 130 valence electrons. The van der Waals surface area contributed by atoms with Gasteiger partial charge in [-0.3, -0.25) is 9.59 Å². The average Bonchev–Trinajstić information content (AvgIpc) is 2.98. The van der Waals surface area contributed by atoms with E-state index in [1.807, 2.05) is 0 Å². The predicted molar refractivity (Wildman–Crippen MR) is 90.1 cm³/mol. The zero-order chi connectivity index (χ0) is 17.4. The van der Waals surface area contributed by atoms with Crippen LogP contribution in [0.1, 0.15) is 18.4 Å². The van der Waals surface area contributed by atoms with E-state index < -0.39 is 5.91 Å². The normalized spacial score (nSPS) is 12.4. The first-order chi connectivity index (χ1) is 11.6. The van der Waals surface area contributed by atoms with Gasteiger partial charge in [0.15, 0.2) is 11.5 Å². The zero-order valence-corrected chi connectivity index (χ0v) is 14.7. The van der Waals surface area contributed by atoms with Crippen LogP contribution in [0.25, 0.3) is 0 Å². The van der Waals surface area contributed by atoms with Crippen molar-refractivity contribution >= 4 is 34.0 Å². The van der Waals surface area contributed by atoms with Crippen molar-refractivity contribution in [2.45, 2.75) is 12.8 Å². The number of fused-ring (bicyclic) bond motifs is 1. The molecule has 0 fully saturated rings. The largest absolute Gasteiger partial charge is 0.454 e. The summed E-state index contributed by atoms with van der Waals surface area (Å²) in [6, 6.07) is 3.50. The van der Waals surface area contributed by atoms with Crippen LogP contribution >= 0.6 is 15.9 Å². The van der Waals surface area contributed by atoms with Crippen molar-refractivity contribution in [2.24, 2.45) is 5.10 Å². The highest BCUT2D eigenvalue weighted by molar-refractivity contribution is 9.10. The number of rotatable bonds is 8. The van der Waals surface area contributed by atoms with Gasteiger partial charge >= 0.3 is 0 Å². The van der Waals surface area contributed by atoms with Crippen LogP contribution in [0, 0.1) is 0 Å². The first kappa shape index (κ1) is 18.2. The highest BCUT2D eigenvalue weighted by Crippen LogP contribution is 2.36. The lowest BCUT2D eigenvalue weighted by Gasteiger charge is -2.04. The summed E-state index contributed by atoms with van der Waals surface area (Å²) in [5.41, 5.74) is 3.02. The Kier molecular flexibility index (Phi) is 7.01. The summed E-state index contributed by atoms with van der Waals surface area (Å²) in [6.45, 7) is 1.20. The topological polar surface area (TPSA) is 98.2 Å². The number of hydrogen-bond donors (Lipinski definition) is 2. The molecule has 2 N–H and O–H groups in total. The molecule has 0 spiro atoms. The van der Waals surface area contributed by atoms with E-state index in [9.17, 15) is 9.59 Å². The molecule has 1 heterocycles. The molecule has 0 saturated heterocycles. The molecule has 2 amide bonds. The van der Waals surface area contributed by atoms with Crippen molar-refractivity contribution in [1.82, 2.24) is 10.7 Å². The Bertz CT molecular complexity index is 636. The fourth-order valence-electron chi connectivity index (χ4n) is 1.90. The Morgan fingerprint density at radius 2 is 2.08 bits per heavy atom. The van der Waals surface area contributed by atoms with Crippen molar-refractivity contribution in [3.8, 4) is 11.5 Å². The lowest BCUT2D eigenvalue weighted by molar-refractivity contribution is -0.129. The van der Waals surface area contributed by atoms with Crippen molar-refractivity contribution < 1.29 is 23.8 Å². The van der Waals surface area contributed by atoms with Crippen LogP contribution in [0.4, 0.5) is 0 Å². The SMILES string of the molecule is COCCCNC(=O)CC(=O)N/N=C/c1cc2c(cc1Br)OCO2. The Balaban J connectivity index is 1.77. The number of carbonyl (C=O) groups is 2. The molecule has 0 aromatic heterocycles. The maximum Gasteiger partial charge on any atom is 0.249 e. The maximum absolute atomic E-state index is 11.6. The smallest absolute Gasteiger partial charge is 0.249 e. The summed E-state index contributed by atoms with van der Waals surface area (Å²) in [5, 5.41) is 6.46. The minimum absolute atomic E-state index is 0.179. The van der Waals surface area contributed by atoms with Gasteiger partial charge in [0.25, 0.3) is 0 Å². The number of benzene rings is 1. The molecular formula is C15H18BrN3O5. The molecule has 1 aromatic carbocycles. The minimum atomic E-state index is -0.493. The third-order valence-electron chi connectivity index (χ3n) is 3.05. The Morgan fingerprint density at radius 3 is 2.83 bits per heavy atom. The van der Waals surface area contributed by atoms with E-state index in [0.717, 1.165) is 4.47 Å². The minimum Gasteiger partial charge on any atom is -0.454 e. The molecule has 0 radical (unpaired) electrons. The lowest BCUT2D eigenvalue weighted by Crippen LogP contribution is -2.30. The number of nitrogens with one attached hydrogen (secondary N) is 2. The zero-order valence-electron chi connectivity index (χ0n) is 13.1. The van der Waals surface area contributed by atoms with E-state index in [1.54, 1.807) is 19.2 Å². The highest BCUT2D eigenvalue weighted by Gasteiger charge is 2.15. The van der Waals surface area contributed by atoms with E-state index >= 15 is 0 Å². The number of amides is 2. The predicted octanol–water partition coefficient (Wildman–Crippen LogP) is 1.17. The van der Waals surface area contributed by atoms with E-state index in [-0.39, 0.29) is 19.1 Å². The van der Waals surface area contributed by atoms with Crippen LogP contribution in [0.5, 0.6) is 11.5 Å². The molecule has 8 nitrogen and oxygen atoms in total. The van der Waals surface area contributed by atoms with Gasteiger partial charge in [-0.15, -0.1) is 0 Å². The van der Waals surface area contributed by atoms with Gasteiger partial charge < -0.3 is 19.5 Å². The van der Waals surface area contributed by atoms with E-state index in [2.05, 4.69) is 31.8 Å². The van der Waals surface area contributed by atoms with E-state index in [0.29, 0.717) is 36.6 Å². The standard InChI is InChI=1S/C15H18BrN3O5/c1-22-4-2-3-17-14(20)7-15(21)19-18-8-10-5-12-13(6-11(10)16)24-9-23-12/h5-6,8H,2-4,7,9H2,1H3,(H,17,20)(H,19,21)/b18-8+. The molecule has 0 unspecified atom stereocenters. The number of nitrogens with zero attached hydrogens (tertiary/aromatic N) is 1. The van der Waals surface area contributed by atoms with Crippen molar-refractivity contribution in [2.75, 3.05) is 27.1 Å². The van der Waals surface area contributed by atoms with Crippen molar-refractivity contribution in [3.05, 3.63) is 22.2 Å². The summed E-state index contributed by atoms with van der Waals surface area (Å²) in [7, 11) is 1.59. The molecule has 9 heteroatoms. The number of hydrazone groups is 1. The first-order valence-electron chi connectivity index (χ1n) is 7.27. The van der Waals surface area contributed by atoms with Crippen LogP contribution < -0.4 is 20.2 Å². The van der Waals surface area contributed by atoms with Crippen molar-refractivity contribution in [3.63, 3.8) is 0 Å². The Hall–Kier alpha value is -2.13. The number of carbonyl (C=O) groups excluding carboxylic acids is 2. The molecule has 1 aliphatic heterocycles. The molecule has 24 heavy (non-hydrogen) atoms. The quantitative estimate of drug-likeness (QED) is 0.296. The van der Waals surface area contributed by atoms with Crippen LogP contribution in [0.2, 0.25) is 0 Å². The van der Waals surface area contributed by atoms with Crippen LogP contribution in [-0.4, -0.2) is 45.1 Å². The molecule has 1 aromatic rings. The number of hydrogen-bond acceptors (Lipinski definition) is 6. The van der Waals surface area contributed by atoms with Crippen molar-refractivity contribution in [1.29, 1.82) is 0 Å². The number of ether oxygens (including phenoxy) is 3. The van der Waals surface area contributed by atoms with E-state index in [4.69, 9.17) is 14.2 Å². The summed E-state index contributed by atoms with van der Waals surface area (Å²) in [4.78, 5) is 23.2.